The SMILES string of the molecule is C.Cc1ccc(C2=CCNC=C2)c(N)c1F. The van der Waals surface area contributed by atoms with Gasteiger partial charge < -0.3 is 11.1 Å². The minimum atomic E-state index is -0.319. The van der Waals surface area contributed by atoms with Crippen LogP contribution in [-0.2, 0) is 0 Å². The number of rotatable bonds is 1. The first kappa shape index (κ1) is 12.3. The van der Waals surface area contributed by atoms with Gasteiger partial charge in [-0.2, -0.15) is 0 Å². The lowest BCUT2D eigenvalue weighted by molar-refractivity contribution is 0.623. The Morgan fingerprint density at radius 1 is 1.38 bits per heavy atom. The summed E-state index contributed by atoms with van der Waals surface area (Å²) in [4.78, 5) is 0. The number of hydrogen-bond donors (Lipinski definition) is 2. The van der Waals surface area contributed by atoms with Crippen LogP contribution in [0.15, 0.2) is 30.5 Å². The maximum atomic E-state index is 13.6. The Balaban J connectivity index is 0.00000128. The lowest BCUT2D eigenvalue weighted by atomic mass is 10.00. The first-order valence-electron chi connectivity index (χ1n) is 4.85. The molecule has 0 saturated carbocycles. The van der Waals surface area contributed by atoms with Gasteiger partial charge in [-0.1, -0.05) is 25.6 Å². The molecule has 3 N–H and O–H groups in total. The molecule has 0 spiro atoms. The van der Waals surface area contributed by atoms with Crippen molar-refractivity contribution in [3.05, 3.63) is 47.4 Å². The molecule has 1 aliphatic heterocycles. The number of nitrogens with two attached hydrogens (primary N) is 1. The van der Waals surface area contributed by atoms with E-state index < -0.39 is 0 Å². The van der Waals surface area contributed by atoms with Crippen LogP contribution in [0.4, 0.5) is 10.1 Å². The summed E-state index contributed by atoms with van der Waals surface area (Å²) in [5.41, 5.74) is 8.28. The molecule has 1 heterocycles. The topological polar surface area (TPSA) is 38.0 Å². The molecule has 0 bridgehead atoms. The van der Waals surface area contributed by atoms with E-state index in [2.05, 4.69) is 5.32 Å². The van der Waals surface area contributed by atoms with E-state index in [4.69, 9.17) is 5.73 Å². The van der Waals surface area contributed by atoms with E-state index in [1.165, 1.54) is 0 Å². The summed E-state index contributed by atoms with van der Waals surface area (Å²) >= 11 is 0. The van der Waals surface area contributed by atoms with Gasteiger partial charge in [0.1, 0.15) is 5.82 Å². The number of allylic oxidation sites excluding steroid dienone is 2. The van der Waals surface area contributed by atoms with Gasteiger partial charge in [0, 0.05) is 12.1 Å². The van der Waals surface area contributed by atoms with Gasteiger partial charge in [0.2, 0.25) is 0 Å². The Morgan fingerprint density at radius 2 is 2.12 bits per heavy atom. The van der Waals surface area contributed by atoms with Gasteiger partial charge in [-0.15, -0.1) is 0 Å². The molecular weight excluding hydrogens is 203 g/mol. The van der Waals surface area contributed by atoms with E-state index in [-0.39, 0.29) is 18.9 Å². The summed E-state index contributed by atoms with van der Waals surface area (Å²) < 4.78 is 13.6. The van der Waals surface area contributed by atoms with E-state index in [0.29, 0.717) is 5.56 Å². The van der Waals surface area contributed by atoms with Gasteiger partial charge in [0.25, 0.3) is 0 Å². The summed E-state index contributed by atoms with van der Waals surface area (Å²) in [6.07, 6.45) is 5.72. The molecule has 1 aromatic rings. The van der Waals surface area contributed by atoms with Crippen molar-refractivity contribution in [2.75, 3.05) is 12.3 Å². The highest BCUT2D eigenvalue weighted by Gasteiger charge is 2.10. The van der Waals surface area contributed by atoms with Crippen molar-refractivity contribution in [3.8, 4) is 0 Å². The molecule has 0 fully saturated rings. The summed E-state index contributed by atoms with van der Waals surface area (Å²) in [5.74, 6) is -0.319. The highest BCUT2D eigenvalue weighted by molar-refractivity contribution is 5.82. The largest absolute Gasteiger partial charge is 0.396 e. The van der Waals surface area contributed by atoms with Gasteiger partial charge in [-0.3, -0.25) is 0 Å². The third-order valence-corrected chi connectivity index (χ3v) is 2.50. The molecule has 3 heteroatoms. The summed E-state index contributed by atoms with van der Waals surface area (Å²) in [6.45, 7) is 2.46. The number of halogens is 1. The molecule has 16 heavy (non-hydrogen) atoms. The van der Waals surface area contributed by atoms with Gasteiger partial charge in [0.05, 0.1) is 5.69 Å². The van der Waals surface area contributed by atoms with Crippen LogP contribution in [0.3, 0.4) is 0 Å². The van der Waals surface area contributed by atoms with Crippen LogP contribution >= 0.6 is 0 Å². The van der Waals surface area contributed by atoms with E-state index in [9.17, 15) is 4.39 Å². The Morgan fingerprint density at radius 3 is 2.75 bits per heavy atom. The zero-order valence-corrected chi connectivity index (χ0v) is 8.55. The molecule has 1 aliphatic rings. The van der Waals surface area contributed by atoms with Crippen molar-refractivity contribution >= 4 is 11.3 Å². The molecule has 0 atom stereocenters. The number of nitrogens with one attached hydrogen (secondary N) is 1. The second-order valence-corrected chi connectivity index (χ2v) is 3.56. The Labute approximate surface area is 95.7 Å². The van der Waals surface area contributed by atoms with Gasteiger partial charge in [0.15, 0.2) is 0 Å². The summed E-state index contributed by atoms with van der Waals surface area (Å²) in [6, 6.07) is 3.60. The molecule has 0 aliphatic carbocycles. The molecule has 0 saturated heterocycles. The molecule has 0 aromatic heterocycles. The normalized spacial score (nSPS) is 13.8. The van der Waals surface area contributed by atoms with Gasteiger partial charge in [-0.25, -0.2) is 4.39 Å². The number of nitrogen functional groups attached to an aromatic ring is 1. The average Bonchev–Trinajstić information content (AvgIpc) is 2.27. The highest BCUT2D eigenvalue weighted by Crippen LogP contribution is 2.27. The molecular formula is C13H17FN2. The molecule has 2 nitrogen and oxygen atoms in total. The van der Waals surface area contributed by atoms with Crippen molar-refractivity contribution in [3.63, 3.8) is 0 Å². The molecule has 2 rings (SSSR count). The monoisotopic (exact) mass is 220 g/mol. The zero-order valence-electron chi connectivity index (χ0n) is 8.55. The lowest BCUT2D eigenvalue weighted by Gasteiger charge is -2.12. The van der Waals surface area contributed by atoms with E-state index >= 15 is 0 Å². The minimum Gasteiger partial charge on any atom is -0.396 e. The zero-order chi connectivity index (χ0) is 10.8. The van der Waals surface area contributed by atoms with Crippen LogP contribution in [0.5, 0.6) is 0 Å². The smallest absolute Gasteiger partial charge is 0.149 e. The van der Waals surface area contributed by atoms with Crippen LogP contribution in [0.25, 0.3) is 5.57 Å². The summed E-state index contributed by atoms with van der Waals surface area (Å²) in [5, 5.41) is 3.04. The first-order chi connectivity index (χ1) is 7.20. The van der Waals surface area contributed by atoms with Crippen molar-refractivity contribution in [2.45, 2.75) is 14.4 Å². The number of anilines is 1. The number of hydrogen-bond acceptors (Lipinski definition) is 2. The van der Waals surface area contributed by atoms with Crippen LogP contribution in [0, 0.1) is 12.7 Å². The van der Waals surface area contributed by atoms with E-state index in [1.807, 2.05) is 24.4 Å². The quantitative estimate of drug-likeness (QED) is 0.714. The average molecular weight is 220 g/mol. The van der Waals surface area contributed by atoms with Gasteiger partial charge >= 0.3 is 0 Å². The molecule has 0 unspecified atom stereocenters. The lowest BCUT2D eigenvalue weighted by Crippen LogP contribution is -2.09. The van der Waals surface area contributed by atoms with Crippen molar-refractivity contribution in [1.82, 2.24) is 5.32 Å². The molecule has 0 amide bonds. The van der Waals surface area contributed by atoms with Gasteiger partial charge in [-0.05, 0) is 30.3 Å². The van der Waals surface area contributed by atoms with Crippen LogP contribution in [0.1, 0.15) is 18.6 Å². The van der Waals surface area contributed by atoms with Crippen molar-refractivity contribution in [2.24, 2.45) is 0 Å². The predicted molar refractivity (Wildman–Crippen MR) is 67.4 cm³/mol. The molecule has 0 radical (unpaired) electrons. The Kier molecular flexibility index (Phi) is 3.72. The fourth-order valence-corrected chi connectivity index (χ4v) is 1.61. The van der Waals surface area contributed by atoms with Crippen LogP contribution in [-0.4, -0.2) is 6.54 Å². The summed E-state index contributed by atoms with van der Waals surface area (Å²) in [7, 11) is 0. The first-order valence-corrected chi connectivity index (χ1v) is 4.85. The van der Waals surface area contributed by atoms with Crippen molar-refractivity contribution in [1.29, 1.82) is 0 Å². The molecule has 86 valence electrons. The maximum Gasteiger partial charge on any atom is 0.149 e. The maximum absolute atomic E-state index is 13.6. The number of dihydropyridines is 1. The Bertz CT molecular complexity index is 447. The number of benzene rings is 1. The second kappa shape index (κ2) is 4.84. The van der Waals surface area contributed by atoms with E-state index in [1.54, 1.807) is 13.0 Å². The highest BCUT2D eigenvalue weighted by atomic mass is 19.1. The second-order valence-electron chi connectivity index (χ2n) is 3.56. The molecule has 1 aromatic carbocycles. The van der Waals surface area contributed by atoms with E-state index in [0.717, 1.165) is 17.7 Å². The third-order valence-electron chi connectivity index (χ3n) is 2.50. The predicted octanol–water partition coefficient (Wildman–Crippen LogP) is 2.85. The Hall–Kier alpha value is -1.77. The third kappa shape index (κ3) is 2.08. The van der Waals surface area contributed by atoms with Crippen LogP contribution < -0.4 is 11.1 Å². The minimum absolute atomic E-state index is 0. The number of aryl methyl sites for hydroxylation is 1. The fourth-order valence-electron chi connectivity index (χ4n) is 1.61. The van der Waals surface area contributed by atoms with Crippen molar-refractivity contribution < 1.29 is 4.39 Å². The standard InChI is InChI=1S/C12H13FN2.CH4/c1-8-2-3-10(12(14)11(8)13)9-4-6-15-7-5-9;/h2-6,15H,7,14H2,1H3;1H4. The van der Waals surface area contributed by atoms with Crippen LogP contribution in [0.2, 0.25) is 0 Å². The fraction of sp³-hybridized carbons (Fsp3) is 0.231.